The maximum absolute atomic E-state index is 13.6. The van der Waals surface area contributed by atoms with Gasteiger partial charge < -0.3 is 10.6 Å². The molecule has 1 saturated heterocycles. The average Bonchev–Trinajstić information content (AvgIpc) is 3.38. The first-order valence-corrected chi connectivity index (χ1v) is 14.1. The average molecular weight is 561 g/mol. The van der Waals surface area contributed by atoms with Gasteiger partial charge in [0.15, 0.2) is 9.84 Å². The maximum atomic E-state index is 13.6. The van der Waals surface area contributed by atoms with E-state index in [0.717, 1.165) is 32.1 Å². The first-order chi connectivity index (χ1) is 17.7. The normalized spacial score (nSPS) is 24.4. The molecule has 2 aliphatic carbocycles. The summed E-state index contributed by atoms with van der Waals surface area (Å²) >= 11 is 0. The first-order valence-electron chi connectivity index (χ1n) is 12.4. The molecule has 2 bridgehead atoms. The molecule has 0 spiro atoms. The van der Waals surface area contributed by atoms with Crippen LogP contribution in [-0.4, -0.2) is 32.2 Å². The van der Waals surface area contributed by atoms with Gasteiger partial charge in [-0.3, -0.25) is 4.79 Å². The fourth-order valence-corrected chi connectivity index (χ4v) is 7.30. The number of piperidine rings is 1. The highest BCUT2D eigenvalue weighted by molar-refractivity contribution is 7.91. The van der Waals surface area contributed by atoms with Gasteiger partial charge >= 0.3 is 12.4 Å². The van der Waals surface area contributed by atoms with E-state index in [-0.39, 0.29) is 46.7 Å². The smallest absolute Gasteiger partial charge is 0.344 e. The zero-order valence-electron chi connectivity index (χ0n) is 20.1. The molecule has 1 aliphatic heterocycles. The molecule has 3 aliphatic rings. The summed E-state index contributed by atoms with van der Waals surface area (Å²) in [5.74, 6) is -1.01. The Balaban J connectivity index is 1.48. The summed E-state index contributed by atoms with van der Waals surface area (Å²) < 4.78 is 106. The Kier molecular flexibility index (Phi) is 6.78. The Hall–Kier alpha value is -2.60. The minimum atomic E-state index is -5.05. The van der Waals surface area contributed by atoms with E-state index < -0.39 is 50.8 Å². The third-order valence-corrected chi connectivity index (χ3v) is 9.60. The summed E-state index contributed by atoms with van der Waals surface area (Å²) in [6, 6.07) is 5.54. The largest absolute Gasteiger partial charge is 0.417 e. The number of amides is 1. The summed E-state index contributed by atoms with van der Waals surface area (Å²) in [5, 5.41) is 5.92. The number of alkyl halides is 6. The highest BCUT2D eigenvalue weighted by Gasteiger charge is 2.45. The van der Waals surface area contributed by atoms with Crippen LogP contribution in [-0.2, 0) is 22.2 Å². The molecular formula is C26H26F6N2O3S. The molecule has 12 heteroatoms. The van der Waals surface area contributed by atoms with Gasteiger partial charge in [0.05, 0.1) is 33.4 Å². The third-order valence-electron chi connectivity index (χ3n) is 7.70. The minimum Gasteiger partial charge on any atom is -0.344 e. The zero-order valence-corrected chi connectivity index (χ0v) is 20.9. The molecule has 3 fully saturated rings. The monoisotopic (exact) mass is 560 g/mol. The number of carbonyl (C=O) groups is 1. The van der Waals surface area contributed by atoms with Crippen LogP contribution in [0.25, 0.3) is 0 Å². The number of sulfone groups is 1. The Morgan fingerprint density at radius 2 is 1.63 bits per heavy atom. The number of rotatable bonds is 7. The molecule has 4 atom stereocenters. The van der Waals surface area contributed by atoms with Gasteiger partial charge in [0.1, 0.15) is 0 Å². The van der Waals surface area contributed by atoms with Gasteiger partial charge in [-0.05, 0) is 79.8 Å². The topological polar surface area (TPSA) is 75.3 Å². The van der Waals surface area contributed by atoms with E-state index in [9.17, 15) is 39.6 Å². The van der Waals surface area contributed by atoms with E-state index in [1.165, 1.54) is 24.3 Å². The minimum absolute atomic E-state index is 0.0379. The molecule has 5 rings (SSSR count). The van der Waals surface area contributed by atoms with Crippen LogP contribution in [0.3, 0.4) is 0 Å². The molecule has 2 aromatic rings. The van der Waals surface area contributed by atoms with E-state index in [1.807, 2.05) is 0 Å². The van der Waals surface area contributed by atoms with Crippen LogP contribution in [0, 0.1) is 11.8 Å². The number of hydrogen-bond acceptors (Lipinski definition) is 4. The summed E-state index contributed by atoms with van der Waals surface area (Å²) in [4.78, 5) is 13.3. The van der Waals surface area contributed by atoms with Gasteiger partial charge in [0.25, 0.3) is 5.91 Å². The van der Waals surface area contributed by atoms with Gasteiger partial charge in [0.2, 0.25) is 0 Å². The summed E-state index contributed by atoms with van der Waals surface area (Å²) in [6.45, 7) is 0. The summed E-state index contributed by atoms with van der Waals surface area (Å²) in [5.41, 5.74) is -3.50. The molecule has 2 N–H and O–H groups in total. The predicted molar refractivity (Wildman–Crippen MR) is 126 cm³/mol. The SMILES string of the molecule is O=C(N[C@H](c1ccc(S(=O)(=O)CC2CC2)cc1)C1N[C@@H]2CC[C@H]1C2)c1cc(C(F)(F)F)ccc1C(F)(F)F. The van der Waals surface area contributed by atoms with Crippen molar-refractivity contribution in [3.63, 3.8) is 0 Å². The summed E-state index contributed by atoms with van der Waals surface area (Å²) in [6.07, 6.45) is -5.72. The van der Waals surface area contributed by atoms with Crippen molar-refractivity contribution in [2.24, 2.45) is 11.8 Å². The van der Waals surface area contributed by atoms with Crippen LogP contribution < -0.4 is 10.6 Å². The summed E-state index contributed by atoms with van der Waals surface area (Å²) in [7, 11) is -3.51. The van der Waals surface area contributed by atoms with Crippen LogP contribution in [0.15, 0.2) is 47.4 Å². The van der Waals surface area contributed by atoms with Crippen molar-refractivity contribution < 1.29 is 39.6 Å². The quantitative estimate of drug-likeness (QED) is 0.438. The second-order valence-corrected chi connectivity index (χ2v) is 12.5. The highest BCUT2D eigenvalue weighted by Crippen LogP contribution is 2.42. The number of benzene rings is 2. The van der Waals surface area contributed by atoms with Gasteiger partial charge in [-0.25, -0.2) is 8.42 Å². The molecule has 5 nitrogen and oxygen atoms in total. The molecule has 1 amide bonds. The lowest BCUT2D eigenvalue weighted by molar-refractivity contribution is -0.141. The second-order valence-electron chi connectivity index (χ2n) is 10.5. The maximum Gasteiger partial charge on any atom is 0.417 e. The lowest BCUT2D eigenvalue weighted by Crippen LogP contribution is -2.47. The van der Waals surface area contributed by atoms with Crippen molar-refractivity contribution in [2.75, 3.05) is 5.75 Å². The van der Waals surface area contributed by atoms with Crippen molar-refractivity contribution in [3.8, 4) is 0 Å². The number of hydrogen-bond donors (Lipinski definition) is 2. The molecular weight excluding hydrogens is 534 g/mol. The standard InChI is InChI=1S/C26H26F6N2O3S/c27-25(28,29)17-6-10-21(26(30,31)32)20(12-17)24(35)34-22(23-16-3-7-18(11-16)33-23)15-4-8-19(9-5-15)38(36,37)13-14-1-2-14/h4-6,8-10,12,14,16,18,22-23,33H,1-3,7,11,13H2,(H,34,35)/t16-,18+,22+,23?/m0/s1. The highest BCUT2D eigenvalue weighted by atomic mass is 32.2. The fourth-order valence-electron chi connectivity index (χ4n) is 5.60. The molecule has 0 aromatic heterocycles. The van der Waals surface area contributed by atoms with E-state index in [4.69, 9.17) is 0 Å². The molecule has 2 saturated carbocycles. The van der Waals surface area contributed by atoms with Crippen LogP contribution >= 0.6 is 0 Å². The van der Waals surface area contributed by atoms with Crippen molar-refractivity contribution >= 4 is 15.7 Å². The van der Waals surface area contributed by atoms with Crippen LogP contribution in [0.5, 0.6) is 0 Å². The molecule has 2 aromatic carbocycles. The van der Waals surface area contributed by atoms with Crippen LogP contribution in [0.4, 0.5) is 26.3 Å². The number of nitrogens with one attached hydrogen (secondary N) is 2. The van der Waals surface area contributed by atoms with Gasteiger partial charge in [0, 0.05) is 12.1 Å². The lowest BCUT2D eigenvalue weighted by atomic mass is 9.88. The van der Waals surface area contributed by atoms with Crippen LogP contribution in [0.2, 0.25) is 0 Å². The Bertz CT molecular complexity index is 1320. The first kappa shape index (κ1) is 27.0. The van der Waals surface area contributed by atoms with Crippen molar-refractivity contribution in [2.45, 2.75) is 67.5 Å². The van der Waals surface area contributed by atoms with Crippen molar-refractivity contribution in [3.05, 3.63) is 64.7 Å². The second kappa shape index (κ2) is 9.55. The molecule has 206 valence electrons. The van der Waals surface area contributed by atoms with E-state index in [0.29, 0.717) is 11.6 Å². The lowest BCUT2D eigenvalue weighted by Gasteiger charge is -2.33. The van der Waals surface area contributed by atoms with Crippen molar-refractivity contribution in [1.82, 2.24) is 10.6 Å². The predicted octanol–water partition coefficient (Wildman–Crippen LogP) is 5.52. The Morgan fingerprint density at radius 1 is 0.947 bits per heavy atom. The Morgan fingerprint density at radius 3 is 2.16 bits per heavy atom. The molecule has 38 heavy (non-hydrogen) atoms. The van der Waals surface area contributed by atoms with Crippen molar-refractivity contribution in [1.29, 1.82) is 0 Å². The molecule has 1 unspecified atom stereocenters. The number of fused-ring (bicyclic) bond motifs is 2. The fraction of sp³-hybridized carbons (Fsp3) is 0.500. The number of halogens is 6. The van der Waals surface area contributed by atoms with Gasteiger partial charge in [-0.1, -0.05) is 12.1 Å². The van der Waals surface area contributed by atoms with Gasteiger partial charge in [-0.2, -0.15) is 26.3 Å². The van der Waals surface area contributed by atoms with E-state index >= 15 is 0 Å². The Labute approximate surface area is 215 Å². The molecule has 1 heterocycles. The van der Waals surface area contributed by atoms with Gasteiger partial charge in [-0.15, -0.1) is 0 Å². The number of carbonyl (C=O) groups excluding carboxylic acids is 1. The third kappa shape index (κ3) is 5.56. The van der Waals surface area contributed by atoms with Crippen LogP contribution in [0.1, 0.15) is 65.2 Å². The zero-order chi connectivity index (χ0) is 27.5. The molecule has 0 radical (unpaired) electrons. The van der Waals surface area contributed by atoms with E-state index in [2.05, 4.69) is 10.6 Å². The van der Waals surface area contributed by atoms with E-state index in [1.54, 1.807) is 0 Å².